The van der Waals surface area contributed by atoms with Crippen molar-refractivity contribution in [3.63, 3.8) is 0 Å². The van der Waals surface area contributed by atoms with Gasteiger partial charge in [-0.1, -0.05) is 22.9 Å². The summed E-state index contributed by atoms with van der Waals surface area (Å²) < 4.78 is 26.9. The maximum Gasteiger partial charge on any atom is 0.240 e. The van der Waals surface area contributed by atoms with E-state index in [1.165, 1.54) is 12.1 Å². The number of benzene rings is 1. The van der Waals surface area contributed by atoms with Crippen LogP contribution in [0.25, 0.3) is 0 Å². The predicted molar refractivity (Wildman–Crippen MR) is 72.6 cm³/mol. The largest absolute Gasteiger partial charge is 0.355 e. The Morgan fingerprint density at radius 3 is 2.39 bits per heavy atom. The van der Waals surface area contributed by atoms with Crippen LogP contribution < -0.4 is 10.0 Å². The first-order chi connectivity index (χ1) is 8.45. The van der Waals surface area contributed by atoms with E-state index >= 15 is 0 Å². The number of sulfonamides is 1. The highest BCUT2D eigenvalue weighted by Crippen LogP contribution is 2.14. The Kier molecular flexibility index (Phi) is 5.77. The molecule has 7 heteroatoms. The second-order valence-corrected chi connectivity index (χ2v) is 6.24. The maximum atomic E-state index is 11.8. The zero-order valence-electron chi connectivity index (χ0n) is 9.94. The van der Waals surface area contributed by atoms with Crippen LogP contribution in [0.5, 0.6) is 0 Å². The van der Waals surface area contributed by atoms with E-state index in [4.69, 9.17) is 0 Å². The quantitative estimate of drug-likeness (QED) is 0.769. The van der Waals surface area contributed by atoms with Gasteiger partial charge >= 0.3 is 0 Å². The number of amides is 1. The zero-order chi connectivity index (χ0) is 13.6. The summed E-state index contributed by atoms with van der Waals surface area (Å²) in [5.41, 5.74) is 0. The number of hydrogen-bond donors (Lipinski definition) is 2. The molecular weight excluding hydrogens is 320 g/mol. The standard InChI is InChI=1S/C11H15BrN2O3S/c1-2-11(15)13-7-8-14-18(16,17)10-5-3-9(12)4-6-10/h3-6,14H,2,7-8H2,1H3,(H,13,15). The van der Waals surface area contributed by atoms with Crippen LogP contribution in [0.4, 0.5) is 0 Å². The maximum absolute atomic E-state index is 11.8. The molecule has 5 nitrogen and oxygen atoms in total. The van der Waals surface area contributed by atoms with Gasteiger partial charge in [0.25, 0.3) is 0 Å². The van der Waals surface area contributed by atoms with Crippen molar-refractivity contribution in [3.8, 4) is 0 Å². The molecule has 0 unspecified atom stereocenters. The summed E-state index contributed by atoms with van der Waals surface area (Å²) in [5, 5.41) is 2.59. The molecule has 0 aliphatic heterocycles. The lowest BCUT2D eigenvalue weighted by Gasteiger charge is -2.07. The molecule has 18 heavy (non-hydrogen) atoms. The van der Waals surface area contributed by atoms with E-state index in [2.05, 4.69) is 26.0 Å². The molecule has 0 bridgehead atoms. The third-order valence-corrected chi connectivity index (χ3v) is 4.19. The minimum Gasteiger partial charge on any atom is -0.355 e. The molecule has 1 amide bonds. The van der Waals surface area contributed by atoms with Crippen LogP contribution in [0, 0.1) is 0 Å². The summed E-state index contributed by atoms with van der Waals surface area (Å²) in [7, 11) is -3.50. The van der Waals surface area contributed by atoms with E-state index in [0.717, 1.165) is 4.47 Å². The van der Waals surface area contributed by atoms with Crippen LogP contribution in [0.3, 0.4) is 0 Å². The molecule has 0 saturated heterocycles. The van der Waals surface area contributed by atoms with E-state index in [-0.39, 0.29) is 23.9 Å². The summed E-state index contributed by atoms with van der Waals surface area (Å²) in [6.07, 6.45) is 0.388. The van der Waals surface area contributed by atoms with Crippen molar-refractivity contribution in [1.29, 1.82) is 0 Å². The normalized spacial score (nSPS) is 11.2. The van der Waals surface area contributed by atoms with Crippen molar-refractivity contribution in [2.45, 2.75) is 18.2 Å². The Bertz CT molecular complexity index is 500. The Morgan fingerprint density at radius 2 is 1.83 bits per heavy atom. The number of carbonyl (C=O) groups is 1. The Morgan fingerprint density at radius 1 is 1.22 bits per heavy atom. The van der Waals surface area contributed by atoms with Crippen LogP contribution >= 0.6 is 15.9 Å². The minimum absolute atomic E-state index is 0.0992. The molecule has 0 fully saturated rings. The molecule has 1 rings (SSSR count). The average Bonchev–Trinajstić information content (AvgIpc) is 2.35. The molecule has 0 aliphatic rings. The molecule has 2 N–H and O–H groups in total. The van der Waals surface area contributed by atoms with E-state index in [1.54, 1.807) is 19.1 Å². The van der Waals surface area contributed by atoms with Gasteiger partial charge in [0, 0.05) is 24.0 Å². The van der Waals surface area contributed by atoms with Gasteiger partial charge in [-0.2, -0.15) is 0 Å². The summed E-state index contributed by atoms with van der Waals surface area (Å²) in [6, 6.07) is 6.34. The van der Waals surface area contributed by atoms with Gasteiger partial charge in [-0.05, 0) is 24.3 Å². The van der Waals surface area contributed by atoms with Crippen LogP contribution in [-0.2, 0) is 14.8 Å². The van der Waals surface area contributed by atoms with Crippen LogP contribution in [0.2, 0.25) is 0 Å². The van der Waals surface area contributed by atoms with Gasteiger partial charge in [-0.3, -0.25) is 4.79 Å². The van der Waals surface area contributed by atoms with Crippen molar-refractivity contribution in [2.24, 2.45) is 0 Å². The van der Waals surface area contributed by atoms with Gasteiger partial charge in [0.2, 0.25) is 15.9 Å². The van der Waals surface area contributed by atoms with Gasteiger partial charge < -0.3 is 5.32 Å². The fourth-order valence-corrected chi connectivity index (χ4v) is 2.51. The molecule has 100 valence electrons. The number of hydrogen-bond acceptors (Lipinski definition) is 3. The molecule has 0 radical (unpaired) electrons. The fourth-order valence-electron chi connectivity index (χ4n) is 1.21. The van der Waals surface area contributed by atoms with Crippen molar-refractivity contribution < 1.29 is 13.2 Å². The second kappa shape index (κ2) is 6.86. The average molecular weight is 335 g/mol. The number of halogens is 1. The van der Waals surface area contributed by atoms with Gasteiger partial charge in [0.15, 0.2) is 0 Å². The van der Waals surface area contributed by atoms with Crippen LogP contribution in [0.15, 0.2) is 33.6 Å². The lowest BCUT2D eigenvalue weighted by molar-refractivity contribution is -0.120. The van der Waals surface area contributed by atoms with Gasteiger partial charge in [0.05, 0.1) is 4.90 Å². The van der Waals surface area contributed by atoms with Crippen molar-refractivity contribution in [1.82, 2.24) is 10.0 Å². The third-order valence-electron chi connectivity index (χ3n) is 2.18. The molecular formula is C11H15BrN2O3S. The highest BCUT2D eigenvalue weighted by Gasteiger charge is 2.12. The molecule has 1 aromatic rings. The van der Waals surface area contributed by atoms with E-state index < -0.39 is 10.0 Å². The first-order valence-electron chi connectivity index (χ1n) is 5.47. The van der Waals surface area contributed by atoms with E-state index in [9.17, 15) is 13.2 Å². The molecule has 0 heterocycles. The van der Waals surface area contributed by atoms with Crippen LogP contribution in [0.1, 0.15) is 13.3 Å². The summed E-state index contributed by atoms with van der Waals surface area (Å²) >= 11 is 3.24. The summed E-state index contributed by atoms with van der Waals surface area (Å²) in [4.78, 5) is 11.2. The first-order valence-corrected chi connectivity index (χ1v) is 7.75. The van der Waals surface area contributed by atoms with Gasteiger partial charge in [0.1, 0.15) is 0 Å². The molecule has 0 aliphatic carbocycles. The van der Waals surface area contributed by atoms with Gasteiger partial charge in [-0.25, -0.2) is 13.1 Å². The minimum atomic E-state index is -3.50. The summed E-state index contributed by atoms with van der Waals surface area (Å²) in [5.74, 6) is -0.0992. The SMILES string of the molecule is CCC(=O)NCCNS(=O)(=O)c1ccc(Br)cc1. The predicted octanol–water partition coefficient (Wildman–Crippen LogP) is 1.25. The zero-order valence-corrected chi connectivity index (χ0v) is 12.3. The second-order valence-electron chi connectivity index (χ2n) is 3.56. The number of rotatable bonds is 6. The van der Waals surface area contributed by atoms with Gasteiger partial charge in [-0.15, -0.1) is 0 Å². The molecule has 0 spiro atoms. The number of carbonyl (C=O) groups excluding carboxylic acids is 1. The lowest BCUT2D eigenvalue weighted by Crippen LogP contribution is -2.34. The van der Waals surface area contributed by atoms with Crippen molar-refractivity contribution >= 4 is 31.9 Å². The Labute approximate surface area is 115 Å². The smallest absolute Gasteiger partial charge is 0.240 e. The van der Waals surface area contributed by atoms with Crippen molar-refractivity contribution in [2.75, 3.05) is 13.1 Å². The molecule has 0 aromatic heterocycles. The van der Waals surface area contributed by atoms with E-state index in [1.807, 2.05) is 0 Å². The Balaban J connectivity index is 2.50. The lowest BCUT2D eigenvalue weighted by atomic mass is 10.4. The monoisotopic (exact) mass is 334 g/mol. The highest BCUT2D eigenvalue weighted by molar-refractivity contribution is 9.10. The third kappa shape index (κ3) is 4.75. The Hall–Kier alpha value is -0.920. The molecule has 1 aromatic carbocycles. The fraction of sp³-hybridized carbons (Fsp3) is 0.364. The number of nitrogens with one attached hydrogen (secondary N) is 2. The topological polar surface area (TPSA) is 75.3 Å². The van der Waals surface area contributed by atoms with Crippen LogP contribution in [-0.4, -0.2) is 27.4 Å². The highest BCUT2D eigenvalue weighted by atomic mass is 79.9. The summed E-state index contributed by atoms with van der Waals surface area (Å²) in [6.45, 7) is 2.19. The van der Waals surface area contributed by atoms with E-state index in [0.29, 0.717) is 6.42 Å². The molecule has 0 atom stereocenters. The molecule has 0 saturated carbocycles. The van der Waals surface area contributed by atoms with Crippen molar-refractivity contribution in [3.05, 3.63) is 28.7 Å². The first kappa shape index (κ1) is 15.1.